The van der Waals surface area contributed by atoms with Crippen LogP contribution in [0.15, 0.2) is 48.8 Å². The van der Waals surface area contributed by atoms with E-state index in [0.29, 0.717) is 0 Å². The highest BCUT2D eigenvalue weighted by molar-refractivity contribution is 7.18. The molecule has 0 aliphatic rings. The highest BCUT2D eigenvalue weighted by atomic mass is 32.1. The van der Waals surface area contributed by atoms with Crippen molar-refractivity contribution in [2.24, 2.45) is 0 Å². The highest BCUT2D eigenvalue weighted by Gasteiger charge is 2.07. The Morgan fingerprint density at radius 2 is 1.95 bits per heavy atom. The molecule has 0 aliphatic heterocycles. The number of hydrogen-bond donors (Lipinski definition) is 1. The molecule has 0 unspecified atom stereocenters. The van der Waals surface area contributed by atoms with E-state index in [1.807, 2.05) is 42.6 Å². The van der Waals surface area contributed by atoms with E-state index in [1.165, 1.54) is 0 Å². The lowest BCUT2D eigenvalue weighted by Gasteiger charge is -2.01. The minimum absolute atomic E-state index is 0.738. The van der Waals surface area contributed by atoms with Gasteiger partial charge in [-0.15, -0.1) is 0 Å². The lowest BCUT2D eigenvalue weighted by molar-refractivity contribution is 1.18. The number of hydrogen-bond acceptors (Lipinski definition) is 5. The molecule has 0 atom stereocenters. The molecule has 1 N–H and O–H groups in total. The lowest BCUT2D eigenvalue weighted by atomic mass is 10.2. The molecule has 1 aromatic carbocycles. The maximum Gasteiger partial charge on any atom is 0.183 e. The Hall–Kier alpha value is -2.27. The van der Waals surface area contributed by atoms with Crippen LogP contribution in [-0.2, 0) is 0 Å². The number of nitrogens with zero attached hydrogens (tertiary/aromatic N) is 3. The van der Waals surface area contributed by atoms with Gasteiger partial charge in [0.2, 0.25) is 0 Å². The van der Waals surface area contributed by atoms with Crippen molar-refractivity contribution in [3.05, 3.63) is 48.8 Å². The van der Waals surface area contributed by atoms with E-state index in [4.69, 9.17) is 0 Å². The van der Waals surface area contributed by atoms with Crippen molar-refractivity contribution < 1.29 is 0 Å². The van der Waals surface area contributed by atoms with E-state index < -0.39 is 0 Å². The fraction of sp³-hybridized carbons (Fsp3) is 0.133. The van der Waals surface area contributed by atoms with Crippen LogP contribution in [0.3, 0.4) is 0 Å². The average molecular weight is 282 g/mol. The van der Waals surface area contributed by atoms with Crippen molar-refractivity contribution in [1.29, 1.82) is 0 Å². The van der Waals surface area contributed by atoms with Gasteiger partial charge in [-0.1, -0.05) is 41.7 Å². The molecule has 0 amide bonds. The molecular formula is C15H14N4S. The molecule has 5 heteroatoms. The predicted octanol–water partition coefficient (Wildman–Crippen LogP) is 3.70. The minimum atomic E-state index is 0.738. The summed E-state index contributed by atoms with van der Waals surface area (Å²) in [5.74, 6) is 0.738. The van der Waals surface area contributed by atoms with Gasteiger partial charge < -0.3 is 5.32 Å². The Kier molecular flexibility index (Phi) is 3.69. The monoisotopic (exact) mass is 282 g/mol. The Morgan fingerprint density at radius 3 is 2.75 bits per heavy atom. The van der Waals surface area contributed by atoms with Gasteiger partial charge in [0.05, 0.1) is 10.6 Å². The van der Waals surface area contributed by atoms with Crippen LogP contribution in [0, 0.1) is 0 Å². The molecule has 3 rings (SSSR count). The van der Waals surface area contributed by atoms with Crippen LogP contribution >= 0.6 is 11.3 Å². The number of rotatable bonds is 4. The Labute approximate surface area is 121 Å². The van der Waals surface area contributed by atoms with E-state index in [-0.39, 0.29) is 0 Å². The van der Waals surface area contributed by atoms with Crippen molar-refractivity contribution in [3.63, 3.8) is 0 Å². The van der Waals surface area contributed by atoms with Crippen molar-refractivity contribution in [1.82, 2.24) is 15.0 Å². The van der Waals surface area contributed by atoms with Crippen molar-refractivity contribution in [3.8, 4) is 22.0 Å². The third kappa shape index (κ3) is 2.67. The molecule has 0 saturated heterocycles. The molecule has 0 spiro atoms. The summed E-state index contributed by atoms with van der Waals surface area (Å²) in [4.78, 5) is 14.3. The molecule has 2 heterocycles. The van der Waals surface area contributed by atoms with Crippen LogP contribution in [0.2, 0.25) is 0 Å². The molecule has 100 valence electrons. The first-order valence-corrected chi connectivity index (χ1v) is 7.27. The van der Waals surface area contributed by atoms with Crippen LogP contribution in [0.25, 0.3) is 22.0 Å². The van der Waals surface area contributed by atoms with Crippen molar-refractivity contribution in [2.75, 3.05) is 11.9 Å². The first-order chi connectivity index (χ1) is 9.86. The summed E-state index contributed by atoms with van der Waals surface area (Å²) in [6.45, 7) is 2.92. The SMILES string of the molecule is CCNc1ncc(-c2ccnc(-c3ccccc3)n2)s1. The number of anilines is 1. The average Bonchev–Trinajstić information content (AvgIpc) is 2.97. The van der Waals surface area contributed by atoms with Gasteiger partial charge in [0, 0.05) is 24.5 Å². The summed E-state index contributed by atoms with van der Waals surface area (Å²) in [7, 11) is 0. The topological polar surface area (TPSA) is 50.7 Å². The van der Waals surface area contributed by atoms with Crippen LogP contribution < -0.4 is 5.32 Å². The summed E-state index contributed by atoms with van der Waals surface area (Å²) >= 11 is 1.60. The molecule has 0 bridgehead atoms. The van der Waals surface area contributed by atoms with Gasteiger partial charge in [-0.3, -0.25) is 0 Å². The zero-order valence-electron chi connectivity index (χ0n) is 11.1. The summed E-state index contributed by atoms with van der Waals surface area (Å²) < 4.78 is 0. The maximum atomic E-state index is 4.62. The largest absolute Gasteiger partial charge is 0.362 e. The summed E-state index contributed by atoms with van der Waals surface area (Å²) in [6.07, 6.45) is 3.64. The van der Waals surface area contributed by atoms with Crippen LogP contribution in [-0.4, -0.2) is 21.5 Å². The Morgan fingerprint density at radius 1 is 1.10 bits per heavy atom. The van der Waals surface area contributed by atoms with Crippen LogP contribution in [0.1, 0.15) is 6.92 Å². The second-order valence-corrected chi connectivity index (χ2v) is 5.22. The fourth-order valence-corrected chi connectivity index (χ4v) is 2.70. The molecule has 2 aromatic heterocycles. The normalized spacial score (nSPS) is 10.4. The minimum Gasteiger partial charge on any atom is -0.362 e. The summed E-state index contributed by atoms with van der Waals surface area (Å²) in [5, 5.41) is 4.13. The van der Waals surface area contributed by atoms with Gasteiger partial charge in [-0.05, 0) is 13.0 Å². The highest BCUT2D eigenvalue weighted by Crippen LogP contribution is 2.28. The molecular weight excluding hydrogens is 268 g/mol. The van der Waals surface area contributed by atoms with Gasteiger partial charge >= 0.3 is 0 Å². The second-order valence-electron chi connectivity index (χ2n) is 4.19. The zero-order valence-corrected chi connectivity index (χ0v) is 11.9. The van der Waals surface area contributed by atoms with Gasteiger partial charge in [-0.25, -0.2) is 15.0 Å². The third-order valence-corrected chi connectivity index (χ3v) is 3.75. The Balaban J connectivity index is 1.94. The van der Waals surface area contributed by atoms with Gasteiger partial charge in [-0.2, -0.15) is 0 Å². The summed E-state index contributed by atoms with van der Waals surface area (Å²) in [5.41, 5.74) is 1.92. The van der Waals surface area contributed by atoms with Gasteiger partial charge in [0.15, 0.2) is 11.0 Å². The molecule has 0 saturated carbocycles. The van der Waals surface area contributed by atoms with E-state index in [0.717, 1.165) is 33.6 Å². The van der Waals surface area contributed by atoms with Crippen molar-refractivity contribution in [2.45, 2.75) is 6.92 Å². The zero-order chi connectivity index (χ0) is 13.8. The van der Waals surface area contributed by atoms with E-state index in [2.05, 4.69) is 27.2 Å². The molecule has 0 aliphatic carbocycles. The summed E-state index contributed by atoms with van der Waals surface area (Å²) in [6, 6.07) is 11.9. The molecule has 0 fully saturated rings. The quantitative estimate of drug-likeness (QED) is 0.792. The molecule has 0 radical (unpaired) electrons. The number of aromatic nitrogens is 3. The second kappa shape index (κ2) is 5.79. The van der Waals surface area contributed by atoms with Crippen LogP contribution in [0.5, 0.6) is 0 Å². The predicted molar refractivity (Wildman–Crippen MR) is 82.7 cm³/mol. The van der Waals surface area contributed by atoms with Gasteiger partial charge in [0.25, 0.3) is 0 Å². The number of thiazole rings is 1. The van der Waals surface area contributed by atoms with Crippen molar-refractivity contribution >= 4 is 16.5 Å². The third-order valence-electron chi connectivity index (χ3n) is 2.77. The first-order valence-electron chi connectivity index (χ1n) is 6.45. The van der Waals surface area contributed by atoms with Crippen LogP contribution in [0.4, 0.5) is 5.13 Å². The van der Waals surface area contributed by atoms with E-state index >= 15 is 0 Å². The maximum absolute atomic E-state index is 4.62. The van der Waals surface area contributed by atoms with E-state index in [9.17, 15) is 0 Å². The first kappa shape index (κ1) is 12.7. The number of nitrogens with one attached hydrogen (secondary N) is 1. The number of benzene rings is 1. The van der Waals surface area contributed by atoms with E-state index in [1.54, 1.807) is 17.5 Å². The molecule has 3 aromatic rings. The smallest absolute Gasteiger partial charge is 0.183 e. The fourth-order valence-electron chi connectivity index (χ4n) is 1.85. The van der Waals surface area contributed by atoms with Gasteiger partial charge in [0.1, 0.15) is 0 Å². The standard InChI is InChI=1S/C15H14N4S/c1-2-16-15-18-10-13(20-15)12-8-9-17-14(19-12)11-6-4-3-5-7-11/h3-10H,2H2,1H3,(H,16,18). The molecule has 4 nitrogen and oxygen atoms in total. The Bertz CT molecular complexity index is 694. The lowest BCUT2D eigenvalue weighted by Crippen LogP contribution is -1.94. The molecule has 20 heavy (non-hydrogen) atoms.